The Balaban J connectivity index is 1.80. The minimum Gasteiger partial charge on any atom is -0.481 e. The van der Waals surface area contributed by atoms with Crippen LogP contribution in [0.4, 0.5) is 5.69 Å². The van der Waals surface area contributed by atoms with Crippen LogP contribution in [-0.4, -0.2) is 35.6 Å². The number of hydrogen-bond donors (Lipinski definition) is 1. The molecule has 1 saturated heterocycles. The van der Waals surface area contributed by atoms with E-state index in [9.17, 15) is 4.79 Å². The van der Waals surface area contributed by atoms with Crippen molar-refractivity contribution in [2.75, 3.05) is 24.5 Å². The lowest BCUT2D eigenvalue weighted by Crippen LogP contribution is -2.49. The Labute approximate surface area is 172 Å². The standard InChI is InChI=1S/C23H29ClN2O2/c1-5-26(20-9-10-22(24)15(2)11-20)17(4)21-8-6-7-18(16(21)3)12-25-13-19(14-25)23(27)28/h6-11,17,19H,5,12-14H2,1-4H3,(H,27,28). The predicted octanol–water partition coefficient (Wildman–Crippen LogP) is 5.06. The first-order chi connectivity index (χ1) is 13.3. The molecule has 0 aliphatic carbocycles. The number of nitrogens with zero attached hydrogens (tertiary/aromatic N) is 2. The summed E-state index contributed by atoms with van der Waals surface area (Å²) in [5.74, 6) is -0.904. The number of carboxylic acids is 1. The summed E-state index contributed by atoms with van der Waals surface area (Å²) in [6.07, 6.45) is 0. The van der Waals surface area contributed by atoms with Crippen molar-refractivity contribution >= 4 is 23.3 Å². The van der Waals surface area contributed by atoms with Gasteiger partial charge in [0.05, 0.1) is 12.0 Å². The van der Waals surface area contributed by atoms with Crippen LogP contribution in [0.2, 0.25) is 5.02 Å². The summed E-state index contributed by atoms with van der Waals surface area (Å²) in [4.78, 5) is 15.6. The summed E-state index contributed by atoms with van der Waals surface area (Å²) in [6, 6.07) is 12.9. The molecule has 1 atom stereocenters. The second-order valence-electron chi connectivity index (χ2n) is 7.76. The molecule has 0 bridgehead atoms. The largest absolute Gasteiger partial charge is 0.481 e. The van der Waals surface area contributed by atoms with E-state index in [2.05, 4.69) is 60.9 Å². The Morgan fingerprint density at radius 3 is 2.61 bits per heavy atom. The molecule has 2 aromatic rings. The molecule has 0 radical (unpaired) electrons. The zero-order valence-corrected chi connectivity index (χ0v) is 17.8. The molecule has 4 nitrogen and oxygen atoms in total. The Bertz CT molecular complexity index is 862. The summed E-state index contributed by atoms with van der Waals surface area (Å²) in [6.45, 7) is 11.6. The number of carbonyl (C=O) groups is 1. The van der Waals surface area contributed by atoms with Crippen molar-refractivity contribution in [3.8, 4) is 0 Å². The van der Waals surface area contributed by atoms with Crippen LogP contribution in [-0.2, 0) is 11.3 Å². The predicted molar refractivity (Wildman–Crippen MR) is 115 cm³/mol. The third-order valence-corrected chi connectivity index (χ3v) is 6.34. The molecular formula is C23H29ClN2O2. The van der Waals surface area contributed by atoms with E-state index in [0.29, 0.717) is 13.1 Å². The van der Waals surface area contributed by atoms with Crippen LogP contribution in [0.15, 0.2) is 36.4 Å². The summed E-state index contributed by atoms with van der Waals surface area (Å²) in [5, 5.41) is 9.87. The van der Waals surface area contributed by atoms with Gasteiger partial charge in [0.15, 0.2) is 0 Å². The zero-order chi connectivity index (χ0) is 20.4. The average Bonchev–Trinajstić information content (AvgIpc) is 2.62. The summed E-state index contributed by atoms with van der Waals surface area (Å²) in [5.41, 5.74) is 6.13. The fourth-order valence-corrected chi connectivity index (χ4v) is 4.20. The molecule has 1 aliphatic rings. The van der Waals surface area contributed by atoms with Gasteiger partial charge >= 0.3 is 5.97 Å². The minimum absolute atomic E-state index is 0.217. The maximum atomic E-state index is 11.0. The number of rotatable bonds is 7. The van der Waals surface area contributed by atoms with E-state index >= 15 is 0 Å². The maximum absolute atomic E-state index is 11.0. The van der Waals surface area contributed by atoms with Crippen molar-refractivity contribution < 1.29 is 9.90 Å². The highest BCUT2D eigenvalue weighted by molar-refractivity contribution is 6.31. The highest BCUT2D eigenvalue weighted by atomic mass is 35.5. The van der Waals surface area contributed by atoms with Crippen LogP contribution in [0, 0.1) is 19.8 Å². The molecule has 2 aromatic carbocycles. The number of anilines is 1. The molecule has 0 spiro atoms. The van der Waals surface area contributed by atoms with Crippen LogP contribution >= 0.6 is 11.6 Å². The van der Waals surface area contributed by atoms with Gasteiger partial charge in [0, 0.05) is 36.9 Å². The van der Waals surface area contributed by atoms with Crippen molar-refractivity contribution in [2.24, 2.45) is 5.92 Å². The summed E-state index contributed by atoms with van der Waals surface area (Å²) < 4.78 is 0. The number of likely N-dealkylation sites (tertiary alicyclic amines) is 1. The Morgan fingerprint density at radius 2 is 2.00 bits per heavy atom. The van der Waals surface area contributed by atoms with Crippen molar-refractivity contribution in [3.05, 3.63) is 63.7 Å². The van der Waals surface area contributed by atoms with Gasteiger partial charge < -0.3 is 10.0 Å². The normalized spacial score (nSPS) is 15.9. The highest BCUT2D eigenvalue weighted by Gasteiger charge is 2.32. The lowest BCUT2D eigenvalue weighted by molar-refractivity contribution is -0.147. The van der Waals surface area contributed by atoms with Gasteiger partial charge in [-0.2, -0.15) is 0 Å². The molecular weight excluding hydrogens is 372 g/mol. The number of hydrogen-bond acceptors (Lipinski definition) is 3. The van der Waals surface area contributed by atoms with E-state index in [0.717, 1.165) is 23.7 Å². The quantitative estimate of drug-likeness (QED) is 0.705. The molecule has 28 heavy (non-hydrogen) atoms. The maximum Gasteiger partial charge on any atom is 0.309 e. The second kappa shape index (κ2) is 8.54. The highest BCUT2D eigenvalue weighted by Crippen LogP contribution is 2.32. The van der Waals surface area contributed by atoms with Crippen LogP contribution in [0.1, 0.15) is 42.1 Å². The number of halogens is 1. The van der Waals surface area contributed by atoms with Crippen molar-refractivity contribution in [3.63, 3.8) is 0 Å². The van der Waals surface area contributed by atoms with Crippen LogP contribution < -0.4 is 4.90 Å². The first kappa shape index (κ1) is 20.7. The summed E-state index contributed by atoms with van der Waals surface area (Å²) in [7, 11) is 0. The second-order valence-corrected chi connectivity index (χ2v) is 8.16. The molecule has 150 valence electrons. The Hall–Kier alpha value is -2.04. The number of carboxylic acid groups (broad SMARTS) is 1. The third-order valence-electron chi connectivity index (χ3n) is 5.92. The Morgan fingerprint density at radius 1 is 1.29 bits per heavy atom. The SMILES string of the molecule is CCN(c1ccc(Cl)c(C)c1)C(C)c1cccc(CN2CC(C(=O)O)C2)c1C. The van der Waals surface area contributed by atoms with E-state index < -0.39 is 5.97 Å². The van der Waals surface area contributed by atoms with Gasteiger partial charge in [0.2, 0.25) is 0 Å². The van der Waals surface area contributed by atoms with Crippen LogP contribution in [0.25, 0.3) is 0 Å². The lowest BCUT2D eigenvalue weighted by Gasteiger charge is -2.37. The van der Waals surface area contributed by atoms with Crippen molar-refractivity contribution in [1.82, 2.24) is 4.90 Å². The fraction of sp³-hybridized carbons (Fsp3) is 0.435. The third kappa shape index (κ3) is 4.18. The van der Waals surface area contributed by atoms with Gasteiger partial charge in [0.25, 0.3) is 0 Å². The molecule has 3 rings (SSSR count). The molecule has 0 amide bonds. The van der Waals surface area contributed by atoms with Gasteiger partial charge in [-0.25, -0.2) is 0 Å². The van der Waals surface area contributed by atoms with Crippen LogP contribution in [0.3, 0.4) is 0 Å². The van der Waals surface area contributed by atoms with Gasteiger partial charge in [-0.05, 0) is 68.1 Å². The van der Waals surface area contributed by atoms with Gasteiger partial charge in [-0.3, -0.25) is 9.69 Å². The number of benzene rings is 2. The van der Waals surface area contributed by atoms with Gasteiger partial charge in [0.1, 0.15) is 0 Å². The van der Waals surface area contributed by atoms with E-state index in [1.807, 2.05) is 13.0 Å². The molecule has 0 saturated carbocycles. The smallest absolute Gasteiger partial charge is 0.309 e. The first-order valence-electron chi connectivity index (χ1n) is 9.88. The van der Waals surface area contributed by atoms with Crippen LogP contribution in [0.5, 0.6) is 0 Å². The molecule has 1 fully saturated rings. The molecule has 1 aliphatic heterocycles. The number of aliphatic carboxylic acids is 1. The number of aryl methyl sites for hydroxylation is 1. The fourth-order valence-electron chi connectivity index (χ4n) is 4.08. The van der Waals surface area contributed by atoms with Gasteiger partial charge in [-0.15, -0.1) is 0 Å². The first-order valence-corrected chi connectivity index (χ1v) is 10.3. The summed E-state index contributed by atoms with van der Waals surface area (Å²) >= 11 is 6.21. The zero-order valence-electron chi connectivity index (χ0n) is 17.1. The minimum atomic E-state index is -0.688. The monoisotopic (exact) mass is 400 g/mol. The topological polar surface area (TPSA) is 43.8 Å². The van der Waals surface area contributed by atoms with Crippen molar-refractivity contribution in [1.29, 1.82) is 0 Å². The van der Waals surface area contributed by atoms with E-state index in [-0.39, 0.29) is 12.0 Å². The van der Waals surface area contributed by atoms with E-state index in [1.165, 1.54) is 22.4 Å². The van der Waals surface area contributed by atoms with E-state index in [1.54, 1.807) is 0 Å². The van der Waals surface area contributed by atoms with Crippen molar-refractivity contribution in [2.45, 2.75) is 40.3 Å². The lowest BCUT2D eigenvalue weighted by atomic mass is 9.94. The van der Waals surface area contributed by atoms with Gasteiger partial charge in [-0.1, -0.05) is 29.8 Å². The molecule has 1 unspecified atom stereocenters. The van der Waals surface area contributed by atoms with E-state index in [4.69, 9.17) is 16.7 Å². The molecule has 1 N–H and O–H groups in total. The molecule has 1 heterocycles. The molecule has 5 heteroatoms. The Kier molecular flexibility index (Phi) is 6.31. The average molecular weight is 401 g/mol. The molecule has 0 aromatic heterocycles.